The number of carbonyl (C=O) groups excluding carboxylic acids is 1. The van der Waals surface area contributed by atoms with Crippen LogP contribution in [0.15, 0.2) is 0 Å². The van der Waals surface area contributed by atoms with E-state index in [1.165, 1.54) is 0 Å². The number of hydrogen-bond acceptors (Lipinski definition) is 4. The van der Waals surface area contributed by atoms with Crippen molar-refractivity contribution in [1.29, 1.82) is 0 Å². The van der Waals surface area contributed by atoms with Crippen LogP contribution in [-0.2, 0) is 14.3 Å². The fraction of sp³-hybridized carbons (Fsp3) is 0.857. The topological polar surface area (TPSA) is 78.9 Å². The second-order valence-corrected chi connectivity index (χ2v) is 5.70. The summed E-state index contributed by atoms with van der Waals surface area (Å²) in [6, 6.07) is 0. The van der Waals surface area contributed by atoms with E-state index in [9.17, 15) is 9.59 Å². The summed E-state index contributed by atoms with van der Waals surface area (Å²) in [6.45, 7) is 3.63. The van der Waals surface area contributed by atoms with Crippen LogP contribution >= 0.6 is 0 Å². The van der Waals surface area contributed by atoms with Gasteiger partial charge in [-0.2, -0.15) is 0 Å². The van der Waals surface area contributed by atoms with E-state index >= 15 is 0 Å². The summed E-state index contributed by atoms with van der Waals surface area (Å²) >= 11 is 0. The van der Waals surface area contributed by atoms with Crippen molar-refractivity contribution in [2.75, 3.05) is 39.4 Å². The van der Waals surface area contributed by atoms with Crippen LogP contribution in [-0.4, -0.2) is 61.3 Å². The van der Waals surface area contributed by atoms with E-state index in [0.717, 1.165) is 38.8 Å². The summed E-state index contributed by atoms with van der Waals surface area (Å²) in [5, 5.41) is 11.6. The first-order chi connectivity index (χ1) is 9.66. The zero-order chi connectivity index (χ0) is 14.4. The van der Waals surface area contributed by atoms with Gasteiger partial charge in [-0.25, -0.2) is 0 Å². The van der Waals surface area contributed by atoms with E-state index in [1.807, 2.05) is 4.90 Å². The highest BCUT2D eigenvalue weighted by Crippen LogP contribution is 2.22. The molecule has 6 nitrogen and oxygen atoms in total. The van der Waals surface area contributed by atoms with Gasteiger partial charge >= 0.3 is 5.97 Å². The lowest BCUT2D eigenvalue weighted by Crippen LogP contribution is -2.46. The van der Waals surface area contributed by atoms with E-state index in [4.69, 9.17) is 9.84 Å². The number of likely N-dealkylation sites (tertiary alicyclic amines) is 1. The van der Waals surface area contributed by atoms with Crippen LogP contribution in [0.1, 0.15) is 25.7 Å². The summed E-state index contributed by atoms with van der Waals surface area (Å²) < 4.78 is 5.30. The fourth-order valence-electron chi connectivity index (χ4n) is 3.02. The third-order valence-corrected chi connectivity index (χ3v) is 4.11. The molecule has 2 rings (SSSR count). The lowest BCUT2D eigenvalue weighted by molar-refractivity contribution is -0.140. The summed E-state index contributed by atoms with van der Waals surface area (Å²) in [4.78, 5) is 24.9. The fourth-order valence-corrected chi connectivity index (χ4v) is 3.02. The number of nitrogens with one attached hydrogen (secondary N) is 1. The third kappa shape index (κ3) is 4.45. The lowest BCUT2D eigenvalue weighted by atomic mass is 9.94. The van der Waals surface area contributed by atoms with Crippen molar-refractivity contribution in [3.05, 3.63) is 0 Å². The highest BCUT2D eigenvalue weighted by Gasteiger charge is 2.29. The number of carboxylic acids is 1. The first-order valence-corrected chi connectivity index (χ1v) is 7.46. The number of ether oxygens (including phenoxy) is 1. The molecule has 2 aliphatic heterocycles. The molecule has 2 heterocycles. The van der Waals surface area contributed by atoms with E-state index in [0.29, 0.717) is 25.7 Å². The Labute approximate surface area is 119 Å². The number of carboxylic acid groups (broad SMARTS) is 1. The maximum absolute atomic E-state index is 12.4. The molecular formula is C14H24N2O4. The number of amides is 1. The van der Waals surface area contributed by atoms with Crippen LogP contribution in [0.3, 0.4) is 0 Å². The van der Waals surface area contributed by atoms with Gasteiger partial charge < -0.3 is 20.1 Å². The number of nitrogens with zero attached hydrogens (tertiary/aromatic N) is 1. The molecule has 6 heteroatoms. The summed E-state index contributed by atoms with van der Waals surface area (Å²) in [5.41, 5.74) is 0. The number of piperidine rings is 1. The van der Waals surface area contributed by atoms with Crippen LogP contribution in [0.5, 0.6) is 0 Å². The van der Waals surface area contributed by atoms with E-state index in [-0.39, 0.29) is 18.4 Å². The molecule has 1 unspecified atom stereocenters. The number of rotatable bonds is 5. The number of carbonyl (C=O) groups is 2. The molecule has 114 valence electrons. The van der Waals surface area contributed by atoms with Gasteiger partial charge in [-0.05, 0) is 31.6 Å². The molecule has 0 aromatic carbocycles. The molecule has 2 aliphatic rings. The average molecular weight is 284 g/mol. The molecular weight excluding hydrogens is 260 g/mol. The van der Waals surface area contributed by atoms with Gasteiger partial charge in [-0.3, -0.25) is 9.59 Å². The highest BCUT2D eigenvalue weighted by molar-refractivity contribution is 5.79. The van der Waals surface area contributed by atoms with Crippen molar-refractivity contribution in [3.8, 4) is 0 Å². The maximum atomic E-state index is 12.4. The summed E-state index contributed by atoms with van der Waals surface area (Å²) in [5.74, 6) is -0.0893. The van der Waals surface area contributed by atoms with Crippen LogP contribution in [0, 0.1) is 11.8 Å². The van der Waals surface area contributed by atoms with Crippen LogP contribution < -0.4 is 5.32 Å². The van der Waals surface area contributed by atoms with Gasteiger partial charge in [-0.15, -0.1) is 0 Å². The van der Waals surface area contributed by atoms with Crippen LogP contribution in [0.4, 0.5) is 0 Å². The Hall–Kier alpha value is -1.14. The van der Waals surface area contributed by atoms with Gasteiger partial charge in [0.15, 0.2) is 0 Å². The molecule has 0 aliphatic carbocycles. The van der Waals surface area contributed by atoms with Crippen molar-refractivity contribution in [1.82, 2.24) is 10.2 Å². The standard InChI is InChI=1S/C14H24N2O4/c17-13(18)9-15-8-11-2-1-5-16(10-11)14(19)12-3-6-20-7-4-12/h11-12,15H,1-10H2,(H,17,18). The normalized spacial score (nSPS) is 24.6. The molecule has 0 saturated carbocycles. The second-order valence-electron chi connectivity index (χ2n) is 5.70. The second kappa shape index (κ2) is 7.59. The molecule has 2 N–H and O–H groups in total. The highest BCUT2D eigenvalue weighted by atomic mass is 16.5. The Morgan fingerprint density at radius 3 is 2.70 bits per heavy atom. The zero-order valence-corrected chi connectivity index (χ0v) is 11.8. The minimum atomic E-state index is -0.837. The largest absolute Gasteiger partial charge is 0.480 e. The van der Waals surface area contributed by atoms with Gasteiger partial charge in [0, 0.05) is 38.8 Å². The maximum Gasteiger partial charge on any atom is 0.317 e. The average Bonchev–Trinajstić information content (AvgIpc) is 2.47. The Kier molecular flexibility index (Phi) is 5.79. The Morgan fingerprint density at radius 2 is 2.00 bits per heavy atom. The first-order valence-electron chi connectivity index (χ1n) is 7.46. The molecule has 0 bridgehead atoms. The molecule has 0 aromatic rings. The Morgan fingerprint density at radius 1 is 1.25 bits per heavy atom. The SMILES string of the molecule is O=C(O)CNCC1CCCN(C(=O)C2CCOCC2)C1. The predicted molar refractivity (Wildman–Crippen MR) is 73.4 cm³/mol. The molecule has 0 spiro atoms. The van der Waals surface area contributed by atoms with Gasteiger partial charge in [-0.1, -0.05) is 0 Å². The molecule has 2 saturated heterocycles. The number of aliphatic carboxylic acids is 1. The minimum absolute atomic E-state index is 0.00951. The van der Waals surface area contributed by atoms with Crippen molar-refractivity contribution in [2.45, 2.75) is 25.7 Å². The molecule has 0 aromatic heterocycles. The monoisotopic (exact) mass is 284 g/mol. The lowest BCUT2D eigenvalue weighted by Gasteiger charge is -2.36. The Bertz CT molecular complexity index is 342. The zero-order valence-electron chi connectivity index (χ0n) is 11.8. The van der Waals surface area contributed by atoms with E-state index in [1.54, 1.807) is 0 Å². The molecule has 2 fully saturated rings. The van der Waals surface area contributed by atoms with E-state index < -0.39 is 5.97 Å². The van der Waals surface area contributed by atoms with E-state index in [2.05, 4.69) is 5.32 Å². The van der Waals surface area contributed by atoms with Crippen LogP contribution in [0.25, 0.3) is 0 Å². The summed E-state index contributed by atoms with van der Waals surface area (Å²) in [7, 11) is 0. The van der Waals surface area contributed by atoms with Gasteiger partial charge in [0.25, 0.3) is 0 Å². The molecule has 1 atom stereocenters. The predicted octanol–water partition coefficient (Wildman–Crippen LogP) is 0.326. The van der Waals surface area contributed by atoms with Gasteiger partial charge in [0.05, 0.1) is 6.54 Å². The van der Waals surface area contributed by atoms with Crippen molar-refractivity contribution in [2.24, 2.45) is 11.8 Å². The van der Waals surface area contributed by atoms with Crippen molar-refractivity contribution in [3.63, 3.8) is 0 Å². The Balaban J connectivity index is 1.77. The molecule has 0 radical (unpaired) electrons. The molecule has 1 amide bonds. The third-order valence-electron chi connectivity index (χ3n) is 4.11. The van der Waals surface area contributed by atoms with Crippen LogP contribution in [0.2, 0.25) is 0 Å². The molecule has 20 heavy (non-hydrogen) atoms. The minimum Gasteiger partial charge on any atom is -0.480 e. The van der Waals surface area contributed by atoms with Gasteiger partial charge in [0.2, 0.25) is 5.91 Å². The number of hydrogen-bond donors (Lipinski definition) is 2. The van der Waals surface area contributed by atoms with Crippen molar-refractivity contribution >= 4 is 11.9 Å². The van der Waals surface area contributed by atoms with Gasteiger partial charge in [0.1, 0.15) is 0 Å². The first kappa shape index (κ1) is 15.3. The smallest absolute Gasteiger partial charge is 0.317 e. The van der Waals surface area contributed by atoms with Crippen molar-refractivity contribution < 1.29 is 19.4 Å². The summed E-state index contributed by atoms with van der Waals surface area (Å²) in [6.07, 6.45) is 3.73. The quantitative estimate of drug-likeness (QED) is 0.760.